The van der Waals surface area contributed by atoms with Crippen LogP contribution in [0.15, 0.2) is 0 Å². The lowest BCUT2D eigenvalue weighted by Crippen LogP contribution is -2.26. The first-order valence-corrected chi connectivity index (χ1v) is 4.90. The van der Waals surface area contributed by atoms with E-state index in [0.29, 0.717) is 5.41 Å². The Hall–Kier alpha value is -0.0400. The van der Waals surface area contributed by atoms with Crippen molar-refractivity contribution in [2.24, 2.45) is 11.3 Å². The van der Waals surface area contributed by atoms with E-state index in [9.17, 15) is 0 Å². The van der Waals surface area contributed by atoms with Crippen LogP contribution in [0.25, 0.3) is 0 Å². The van der Waals surface area contributed by atoms with E-state index < -0.39 is 0 Å². The molecule has 1 fully saturated rings. The van der Waals surface area contributed by atoms with Gasteiger partial charge in [0.25, 0.3) is 0 Å². The van der Waals surface area contributed by atoms with Crippen LogP contribution < -0.4 is 5.32 Å². The first kappa shape index (κ1) is 9.05. The maximum atomic E-state index is 3.48. The molecular formula is C10H21N. The SMILES string of the molecule is CCCNCC(C)C1(C)CC1. The van der Waals surface area contributed by atoms with E-state index in [1.807, 2.05) is 0 Å². The van der Waals surface area contributed by atoms with Gasteiger partial charge in [0.05, 0.1) is 0 Å². The van der Waals surface area contributed by atoms with Crippen molar-refractivity contribution in [3.05, 3.63) is 0 Å². The first-order valence-electron chi connectivity index (χ1n) is 4.90. The van der Waals surface area contributed by atoms with E-state index in [2.05, 4.69) is 26.1 Å². The quantitative estimate of drug-likeness (QED) is 0.601. The van der Waals surface area contributed by atoms with Gasteiger partial charge in [0.1, 0.15) is 0 Å². The topological polar surface area (TPSA) is 12.0 Å². The Morgan fingerprint density at radius 2 is 2.09 bits per heavy atom. The molecule has 0 bridgehead atoms. The summed E-state index contributed by atoms with van der Waals surface area (Å²) in [6, 6.07) is 0. The van der Waals surface area contributed by atoms with Crippen LogP contribution in [-0.2, 0) is 0 Å². The van der Waals surface area contributed by atoms with Crippen molar-refractivity contribution in [1.29, 1.82) is 0 Å². The van der Waals surface area contributed by atoms with Crippen LogP contribution >= 0.6 is 0 Å². The van der Waals surface area contributed by atoms with Crippen LogP contribution in [0.2, 0.25) is 0 Å². The van der Waals surface area contributed by atoms with Crippen LogP contribution in [0.1, 0.15) is 40.0 Å². The van der Waals surface area contributed by atoms with Gasteiger partial charge in [-0.2, -0.15) is 0 Å². The van der Waals surface area contributed by atoms with Crippen molar-refractivity contribution in [2.75, 3.05) is 13.1 Å². The highest BCUT2D eigenvalue weighted by atomic mass is 14.9. The molecule has 1 heteroatoms. The van der Waals surface area contributed by atoms with Crippen molar-refractivity contribution < 1.29 is 0 Å². The molecule has 1 N–H and O–H groups in total. The third-order valence-corrected chi connectivity index (χ3v) is 3.11. The summed E-state index contributed by atoms with van der Waals surface area (Å²) < 4.78 is 0. The van der Waals surface area contributed by atoms with Crippen molar-refractivity contribution in [3.8, 4) is 0 Å². The van der Waals surface area contributed by atoms with E-state index in [4.69, 9.17) is 0 Å². The predicted molar refractivity (Wildman–Crippen MR) is 49.7 cm³/mol. The minimum absolute atomic E-state index is 0.695. The van der Waals surface area contributed by atoms with Crippen molar-refractivity contribution in [3.63, 3.8) is 0 Å². The molecule has 1 nitrogen and oxygen atoms in total. The van der Waals surface area contributed by atoms with E-state index in [0.717, 1.165) is 5.92 Å². The van der Waals surface area contributed by atoms with Crippen molar-refractivity contribution in [2.45, 2.75) is 40.0 Å². The number of nitrogens with one attached hydrogen (secondary N) is 1. The molecule has 1 unspecified atom stereocenters. The van der Waals surface area contributed by atoms with Gasteiger partial charge in [0.15, 0.2) is 0 Å². The van der Waals surface area contributed by atoms with Gasteiger partial charge in [-0.3, -0.25) is 0 Å². The molecule has 0 aliphatic heterocycles. The van der Waals surface area contributed by atoms with Gasteiger partial charge in [0.2, 0.25) is 0 Å². The molecule has 11 heavy (non-hydrogen) atoms. The molecule has 0 radical (unpaired) electrons. The van der Waals surface area contributed by atoms with Crippen LogP contribution in [0.4, 0.5) is 0 Å². The highest BCUT2D eigenvalue weighted by Crippen LogP contribution is 2.51. The molecule has 1 aliphatic rings. The van der Waals surface area contributed by atoms with Crippen molar-refractivity contribution in [1.82, 2.24) is 5.32 Å². The summed E-state index contributed by atoms with van der Waals surface area (Å²) in [4.78, 5) is 0. The van der Waals surface area contributed by atoms with Gasteiger partial charge in [0, 0.05) is 0 Å². The van der Waals surface area contributed by atoms with E-state index in [1.165, 1.54) is 32.4 Å². The first-order chi connectivity index (χ1) is 5.19. The molecular weight excluding hydrogens is 134 g/mol. The maximum Gasteiger partial charge on any atom is -0.00180 e. The summed E-state index contributed by atoms with van der Waals surface area (Å²) in [5.41, 5.74) is 0.695. The number of hydrogen-bond acceptors (Lipinski definition) is 1. The van der Waals surface area contributed by atoms with Crippen LogP contribution in [0, 0.1) is 11.3 Å². The third kappa shape index (κ3) is 2.48. The molecule has 1 rings (SSSR count). The molecule has 0 amide bonds. The Morgan fingerprint density at radius 1 is 1.45 bits per heavy atom. The van der Waals surface area contributed by atoms with E-state index in [1.54, 1.807) is 0 Å². The molecule has 0 aromatic heterocycles. The third-order valence-electron chi connectivity index (χ3n) is 3.11. The second-order valence-corrected chi connectivity index (χ2v) is 4.26. The molecule has 0 saturated heterocycles. The molecule has 1 aliphatic carbocycles. The van der Waals surface area contributed by atoms with Gasteiger partial charge in [-0.1, -0.05) is 20.8 Å². The monoisotopic (exact) mass is 155 g/mol. The summed E-state index contributed by atoms with van der Waals surface area (Å²) in [6.07, 6.45) is 4.15. The molecule has 0 spiro atoms. The summed E-state index contributed by atoms with van der Waals surface area (Å²) in [6.45, 7) is 9.39. The molecule has 1 atom stereocenters. The smallest absolute Gasteiger partial charge is 0.00180 e. The Balaban J connectivity index is 2.06. The van der Waals surface area contributed by atoms with Crippen LogP contribution in [-0.4, -0.2) is 13.1 Å². The van der Waals surface area contributed by atoms with Gasteiger partial charge >= 0.3 is 0 Å². The van der Waals surface area contributed by atoms with Crippen LogP contribution in [0.5, 0.6) is 0 Å². The fraction of sp³-hybridized carbons (Fsp3) is 1.00. The van der Waals surface area contributed by atoms with E-state index in [-0.39, 0.29) is 0 Å². The zero-order chi connectivity index (χ0) is 8.32. The highest BCUT2D eigenvalue weighted by molar-refractivity contribution is 4.93. The van der Waals surface area contributed by atoms with Gasteiger partial charge in [-0.25, -0.2) is 0 Å². The molecule has 0 aromatic carbocycles. The summed E-state index contributed by atoms with van der Waals surface area (Å²) >= 11 is 0. The minimum Gasteiger partial charge on any atom is -0.316 e. The average Bonchev–Trinajstić information content (AvgIpc) is 2.70. The lowest BCUT2D eigenvalue weighted by molar-refractivity contribution is 0.346. The fourth-order valence-electron chi connectivity index (χ4n) is 1.43. The predicted octanol–water partition coefficient (Wildman–Crippen LogP) is 2.42. The zero-order valence-electron chi connectivity index (χ0n) is 8.11. The van der Waals surface area contributed by atoms with Gasteiger partial charge in [-0.15, -0.1) is 0 Å². The number of rotatable bonds is 5. The average molecular weight is 155 g/mol. The van der Waals surface area contributed by atoms with Crippen LogP contribution in [0.3, 0.4) is 0 Å². The Morgan fingerprint density at radius 3 is 2.55 bits per heavy atom. The van der Waals surface area contributed by atoms with Crippen molar-refractivity contribution >= 4 is 0 Å². The number of hydrogen-bond donors (Lipinski definition) is 1. The Kier molecular flexibility index (Phi) is 2.94. The maximum absolute atomic E-state index is 3.48. The highest BCUT2D eigenvalue weighted by Gasteiger charge is 2.41. The molecule has 1 saturated carbocycles. The lowest BCUT2D eigenvalue weighted by Gasteiger charge is -2.18. The second-order valence-electron chi connectivity index (χ2n) is 4.26. The minimum atomic E-state index is 0.695. The molecule has 66 valence electrons. The van der Waals surface area contributed by atoms with Gasteiger partial charge in [-0.05, 0) is 43.7 Å². The normalized spacial score (nSPS) is 23.2. The molecule has 0 aromatic rings. The zero-order valence-corrected chi connectivity index (χ0v) is 8.11. The Bertz CT molecular complexity index is 116. The Labute approximate surface area is 70.6 Å². The summed E-state index contributed by atoms with van der Waals surface area (Å²) in [5.74, 6) is 0.869. The standard InChI is InChI=1S/C10H21N/c1-4-7-11-8-9(2)10(3)5-6-10/h9,11H,4-8H2,1-3H3. The molecule has 0 heterocycles. The fourth-order valence-corrected chi connectivity index (χ4v) is 1.43. The second kappa shape index (κ2) is 3.57. The van der Waals surface area contributed by atoms with E-state index >= 15 is 0 Å². The van der Waals surface area contributed by atoms with Gasteiger partial charge < -0.3 is 5.32 Å². The summed E-state index contributed by atoms with van der Waals surface area (Å²) in [5, 5.41) is 3.48. The summed E-state index contributed by atoms with van der Waals surface area (Å²) in [7, 11) is 0. The lowest BCUT2D eigenvalue weighted by atomic mass is 9.93. The largest absolute Gasteiger partial charge is 0.316 e.